The van der Waals surface area contributed by atoms with Gasteiger partial charge in [-0.25, -0.2) is 4.98 Å². The van der Waals surface area contributed by atoms with E-state index < -0.39 is 11.7 Å². The molecule has 0 bridgehead atoms. The number of halogens is 4. The van der Waals surface area contributed by atoms with Gasteiger partial charge >= 0.3 is 6.18 Å². The predicted molar refractivity (Wildman–Crippen MR) is 122 cm³/mol. The number of benzene rings is 1. The molecule has 3 aromatic rings. The van der Waals surface area contributed by atoms with Crippen LogP contribution in [-0.4, -0.2) is 42.0 Å². The maximum atomic E-state index is 13.4. The minimum atomic E-state index is -4.50. The summed E-state index contributed by atoms with van der Waals surface area (Å²) in [5.74, 6) is 0.208. The number of piperazine rings is 1. The third kappa shape index (κ3) is 4.97. The standard InChI is InChI=1S/C23H19ClF3N3OS/c24-20-13-17(23(25,26)27)15-28-21(20)29-8-10-30(11-9-29)22(31)19(14-18-7-4-12-32-18)16-5-2-1-3-6-16/h1-7,12-15H,8-11H2/b19-14+. The summed E-state index contributed by atoms with van der Waals surface area (Å²) in [4.78, 5) is 21.8. The first-order valence-electron chi connectivity index (χ1n) is 9.90. The molecule has 0 aliphatic carbocycles. The van der Waals surface area contributed by atoms with Crippen molar-refractivity contribution in [1.82, 2.24) is 9.88 Å². The summed E-state index contributed by atoms with van der Waals surface area (Å²) in [6, 6.07) is 14.3. The van der Waals surface area contributed by atoms with Crippen LogP contribution in [0.3, 0.4) is 0 Å². The molecular formula is C23H19ClF3N3OS. The highest BCUT2D eigenvalue weighted by atomic mass is 35.5. The van der Waals surface area contributed by atoms with Gasteiger partial charge in [-0.05, 0) is 29.2 Å². The number of carbonyl (C=O) groups is 1. The van der Waals surface area contributed by atoms with Crippen molar-refractivity contribution in [1.29, 1.82) is 0 Å². The Morgan fingerprint density at radius 3 is 2.38 bits per heavy atom. The van der Waals surface area contributed by atoms with Crippen LogP contribution in [0, 0.1) is 0 Å². The maximum absolute atomic E-state index is 13.4. The zero-order chi connectivity index (χ0) is 22.7. The van der Waals surface area contributed by atoms with Gasteiger partial charge in [0.05, 0.1) is 10.6 Å². The second-order valence-electron chi connectivity index (χ2n) is 7.25. The van der Waals surface area contributed by atoms with Crippen LogP contribution >= 0.6 is 22.9 Å². The van der Waals surface area contributed by atoms with Crippen molar-refractivity contribution in [3.63, 3.8) is 0 Å². The van der Waals surface area contributed by atoms with Crippen molar-refractivity contribution in [3.8, 4) is 0 Å². The van der Waals surface area contributed by atoms with E-state index in [4.69, 9.17) is 11.6 Å². The van der Waals surface area contributed by atoms with E-state index in [1.165, 1.54) is 0 Å². The number of pyridine rings is 1. The van der Waals surface area contributed by atoms with Gasteiger partial charge in [0.25, 0.3) is 5.91 Å². The third-order valence-electron chi connectivity index (χ3n) is 5.16. The summed E-state index contributed by atoms with van der Waals surface area (Å²) in [5, 5.41) is 1.90. The first-order chi connectivity index (χ1) is 15.3. The highest BCUT2D eigenvalue weighted by Gasteiger charge is 2.32. The van der Waals surface area contributed by atoms with Gasteiger partial charge in [-0.2, -0.15) is 13.2 Å². The van der Waals surface area contributed by atoms with Crippen LogP contribution < -0.4 is 4.90 Å². The lowest BCUT2D eigenvalue weighted by Crippen LogP contribution is -2.49. The Balaban J connectivity index is 1.50. The fourth-order valence-electron chi connectivity index (χ4n) is 3.51. The molecule has 0 unspecified atom stereocenters. The Hall–Kier alpha value is -2.84. The Bertz CT molecular complexity index is 1110. The smallest absolute Gasteiger partial charge is 0.352 e. The van der Waals surface area contributed by atoms with E-state index in [-0.39, 0.29) is 10.9 Å². The lowest BCUT2D eigenvalue weighted by Gasteiger charge is -2.36. The second-order valence-corrected chi connectivity index (χ2v) is 8.63. The van der Waals surface area contributed by atoms with E-state index in [2.05, 4.69) is 4.98 Å². The molecule has 1 aliphatic rings. The number of aromatic nitrogens is 1. The van der Waals surface area contributed by atoms with Crippen molar-refractivity contribution >= 4 is 46.3 Å². The van der Waals surface area contributed by atoms with Crippen molar-refractivity contribution < 1.29 is 18.0 Å². The van der Waals surface area contributed by atoms with Crippen LogP contribution in [0.2, 0.25) is 5.02 Å². The number of rotatable bonds is 4. The number of hydrogen-bond donors (Lipinski definition) is 0. The molecule has 0 N–H and O–H groups in total. The number of anilines is 1. The number of hydrogen-bond acceptors (Lipinski definition) is 4. The van der Waals surface area contributed by atoms with Gasteiger partial charge in [-0.1, -0.05) is 48.0 Å². The summed E-state index contributed by atoms with van der Waals surface area (Å²) < 4.78 is 38.6. The molecule has 1 aromatic carbocycles. The van der Waals surface area contributed by atoms with Crippen molar-refractivity contribution in [3.05, 3.63) is 81.1 Å². The first-order valence-corrected chi connectivity index (χ1v) is 11.2. The Morgan fingerprint density at radius 2 is 1.78 bits per heavy atom. The fraction of sp³-hybridized carbons (Fsp3) is 0.217. The Morgan fingerprint density at radius 1 is 1.06 bits per heavy atom. The molecule has 4 nitrogen and oxygen atoms in total. The Kier molecular flexibility index (Phi) is 6.53. The van der Waals surface area contributed by atoms with E-state index >= 15 is 0 Å². The van der Waals surface area contributed by atoms with Gasteiger partial charge in [0.2, 0.25) is 0 Å². The van der Waals surface area contributed by atoms with E-state index in [1.54, 1.807) is 21.1 Å². The zero-order valence-corrected chi connectivity index (χ0v) is 18.4. The maximum Gasteiger partial charge on any atom is 0.417 e. The Labute approximate surface area is 192 Å². The van der Waals surface area contributed by atoms with Crippen LogP contribution in [-0.2, 0) is 11.0 Å². The molecule has 4 rings (SSSR count). The molecule has 1 aliphatic heterocycles. The molecule has 3 heterocycles. The normalized spacial score (nSPS) is 15.2. The van der Waals surface area contributed by atoms with Crippen molar-refractivity contribution in [2.45, 2.75) is 6.18 Å². The lowest BCUT2D eigenvalue weighted by atomic mass is 10.0. The van der Waals surface area contributed by atoms with Crippen LogP contribution in [0.5, 0.6) is 0 Å². The number of alkyl halides is 3. The molecule has 1 amide bonds. The molecule has 1 fully saturated rings. The second kappa shape index (κ2) is 9.34. The van der Waals surface area contributed by atoms with E-state index in [9.17, 15) is 18.0 Å². The third-order valence-corrected chi connectivity index (χ3v) is 6.26. The summed E-state index contributed by atoms with van der Waals surface area (Å²) >= 11 is 7.64. The van der Waals surface area contributed by atoms with Crippen LogP contribution in [0.25, 0.3) is 11.6 Å². The summed E-state index contributed by atoms with van der Waals surface area (Å²) in [6.45, 7) is 1.66. The molecule has 0 atom stereocenters. The van der Waals surface area contributed by atoms with Crippen LogP contribution in [0.1, 0.15) is 16.0 Å². The van der Waals surface area contributed by atoms with Crippen LogP contribution in [0.15, 0.2) is 60.1 Å². The monoisotopic (exact) mass is 477 g/mol. The number of amides is 1. The van der Waals surface area contributed by atoms with Gasteiger partial charge in [0.15, 0.2) is 0 Å². The quantitative estimate of drug-likeness (QED) is 0.452. The topological polar surface area (TPSA) is 36.4 Å². The molecule has 166 valence electrons. The number of thiophene rings is 1. The molecule has 9 heteroatoms. The molecule has 0 radical (unpaired) electrons. The summed E-state index contributed by atoms with van der Waals surface area (Å²) in [6.07, 6.45) is -1.82. The SMILES string of the molecule is O=C(/C(=C/c1cccs1)c1ccccc1)N1CCN(c2ncc(C(F)(F)F)cc2Cl)CC1. The average Bonchev–Trinajstić information content (AvgIpc) is 3.30. The molecule has 32 heavy (non-hydrogen) atoms. The number of nitrogens with zero attached hydrogens (tertiary/aromatic N) is 3. The summed E-state index contributed by atoms with van der Waals surface area (Å²) in [7, 11) is 0. The average molecular weight is 478 g/mol. The minimum absolute atomic E-state index is 0.0535. The van der Waals surface area contributed by atoms with Gasteiger partial charge in [0.1, 0.15) is 5.82 Å². The highest BCUT2D eigenvalue weighted by Crippen LogP contribution is 2.34. The lowest BCUT2D eigenvalue weighted by molar-refractivity contribution is -0.137. The largest absolute Gasteiger partial charge is 0.417 e. The van der Waals surface area contributed by atoms with Gasteiger partial charge in [-0.15, -0.1) is 11.3 Å². The fourth-order valence-corrected chi connectivity index (χ4v) is 4.46. The molecular weight excluding hydrogens is 459 g/mol. The van der Waals surface area contributed by atoms with Gasteiger partial charge in [-0.3, -0.25) is 4.79 Å². The zero-order valence-electron chi connectivity index (χ0n) is 16.8. The van der Waals surface area contributed by atoms with Crippen molar-refractivity contribution in [2.75, 3.05) is 31.1 Å². The van der Waals surface area contributed by atoms with E-state index in [0.717, 1.165) is 22.7 Å². The first kappa shape index (κ1) is 22.4. The molecule has 0 spiro atoms. The van der Waals surface area contributed by atoms with Crippen LogP contribution in [0.4, 0.5) is 19.0 Å². The van der Waals surface area contributed by atoms with Gasteiger partial charge < -0.3 is 9.80 Å². The highest BCUT2D eigenvalue weighted by molar-refractivity contribution is 7.11. The molecule has 2 aromatic heterocycles. The predicted octanol–water partition coefficient (Wildman–Crippen LogP) is 5.70. The van der Waals surface area contributed by atoms with E-state index in [0.29, 0.717) is 37.6 Å². The van der Waals surface area contributed by atoms with Gasteiger partial charge in [0, 0.05) is 42.8 Å². The molecule has 1 saturated heterocycles. The van der Waals surface area contributed by atoms with Crippen molar-refractivity contribution in [2.24, 2.45) is 0 Å². The summed E-state index contributed by atoms with van der Waals surface area (Å²) in [5.41, 5.74) is 0.555. The minimum Gasteiger partial charge on any atom is -0.352 e. The molecule has 0 saturated carbocycles. The number of carbonyl (C=O) groups excluding carboxylic acids is 1. The van der Waals surface area contributed by atoms with E-state index in [1.807, 2.05) is 53.9 Å².